The Balaban J connectivity index is 1.94. The second-order valence-electron chi connectivity index (χ2n) is 3.72. The van der Waals surface area contributed by atoms with Gasteiger partial charge in [-0.05, 0) is 46.6 Å². The average Bonchev–Trinajstić information content (AvgIpc) is 2.67. The van der Waals surface area contributed by atoms with Gasteiger partial charge in [0.15, 0.2) is 0 Å². The van der Waals surface area contributed by atoms with Gasteiger partial charge in [0.1, 0.15) is 4.34 Å². The summed E-state index contributed by atoms with van der Waals surface area (Å²) in [6.07, 6.45) is 3.62. The van der Waals surface area contributed by atoms with Crippen LogP contribution in [-0.4, -0.2) is 4.98 Å². The van der Waals surface area contributed by atoms with Gasteiger partial charge < -0.3 is 5.32 Å². The number of hydrogen-bond donors (Lipinski definition) is 1. The van der Waals surface area contributed by atoms with Crippen molar-refractivity contribution in [3.05, 3.63) is 49.8 Å². The van der Waals surface area contributed by atoms with Crippen LogP contribution in [0.4, 0.5) is 0 Å². The fourth-order valence-corrected chi connectivity index (χ4v) is 3.24. The van der Waals surface area contributed by atoms with Crippen molar-refractivity contribution in [2.75, 3.05) is 0 Å². The Labute approximate surface area is 118 Å². The minimum absolute atomic E-state index is 0.303. The van der Waals surface area contributed by atoms with Crippen molar-refractivity contribution in [2.24, 2.45) is 0 Å². The molecule has 2 aromatic rings. The number of rotatable bonds is 4. The summed E-state index contributed by atoms with van der Waals surface area (Å²) in [5, 5.41) is 3.46. The smallest absolute Gasteiger partial charge is 0.107 e. The Morgan fingerprint density at radius 2 is 2.18 bits per heavy atom. The Bertz CT molecular complexity index is 467. The van der Waals surface area contributed by atoms with E-state index in [1.807, 2.05) is 24.5 Å². The molecule has 0 spiro atoms. The molecule has 2 rings (SSSR count). The van der Waals surface area contributed by atoms with E-state index in [0.29, 0.717) is 6.04 Å². The number of halogens is 2. The van der Waals surface area contributed by atoms with Crippen LogP contribution in [0.5, 0.6) is 0 Å². The van der Waals surface area contributed by atoms with Crippen molar-refractivity contribution in [1.29, 1.82) is 0 Å². The standard InChI is InChI=1S/C12H12BrClN2S/c1-8(9-2-4-15-5-3-9)16-7-10-6-11(13)12(14)17-10/h2-6,8,16H,7H2,1H3/t8-/m0/s1. The van der Waals surface area contributed by atoms with Crippen molar-refractivity contribution < 1.29 is 0 Å². The van der Waals surface area contributed by atoms with Crippen LogP contribution >= 0.6 is 38.9 Å². The van der Waals surface area contributed by atoms with Crippen molar-refractivity contribution in [3.63, 3.8) is 0 Å². The highest BCUT2D eigenvalue weighted by atomic mass is 79.9. The van der Waals surface area contributed by atoms with Crippen LogP contribution in [0.15, 0.2) is 35.1 Å². The molecule has 0 fully saturated rings. The SMILES string of the molecule is C[C@H](NCc1cc(Br)c(Cl)s1)c1ccncc1. The number of nitrogens with one attached hydrogen (secondary N) is 1. The molecule has 2 aromatic heterocycles. The minimum Gasteiger partial charge on any atom is -0.305 e. The number of pyridine rings is 1. The summed E-state index contributed by atoms with van der Waals surface area (Å²) in [6, 6.07) is 6.40. The first kappa shape index (κ1) is 13.0. The fourth-order valence-electron chi connectivity index (χ4n) is 1.50. The lowest BCUT2D eigenvalue weighted by Gasteiger charge is -2.12. The molecule has 90 valence electrons. The van der Waals surface area contributed by atoms with E-state index >= 15 is 0 Å². The number of hydrogen-bond acceptors (Lipinski definition) is 3. The molecular formula is C12H12BrClN2S. The van der Waals surface area contributed by atoms with Crippen molar-refractivity contribution >= 4 is 38.9 Å². The van der Waals surface area contributed by atoms with Crippen molar-refractivity contribution in [2.45, 2.75) is 19.5 Å². The molecule has 0 amide bonds. The van der Waals surface area contributed by atoms with Gasteiger partial charge in [-0.2, -0.15) is 0 Å². The van der Waals surface area contributed by atoms with Gasteiger partial charge in [-0.15, -0.1) is 11.3 Å². The summed E-state index contributed by atoms with van der Waals surface area (Å²) < 4.78 is 1.77. The first-order chi connectivity index (χ1) is 8.16. The predicted molar refractivity (Wildman–Crippen MR) is 76.5 cm³/mol. The predicted octanol–water partition coefficient (Wildman–Crippen LogP) is 4.41. The summed E-state index contributed by atoms with van der Waals surface area (Å²) >= 11 is 11.0. The van der Waals surface area contributed by atoms with Crippen LogP contribution in [0.2, 0.25) is 4.34 Å². The zero-order valence-corrected chi connectivity index (χ0v) is 12.4. The first-order valence-electron chi connectivity index (χ1n) is 5.24. The molecule has 0 saturated heterocycles. The molecule has 0 bridgehead atoms. The number of thiophene rings is 1. The second-order valence-corrected chi connectivity index (χ2v) is 6.31. The molecule has 2 heterocycles. The zero-order chi connectivity index (χ0) is 12.3. The molecular weight excluding hydrogens is 320 g/mol. The average molecular weight is 332 g/mol. The van der Waals surface area contributed by atoms with E-state index in [2.05, 4.69) is 39.2 Å². The normalized spacial score (nSPS) is 12.6. The molecule has 0 radical (unpaired) electrons. The fraction of sp³-hybridized carbons (Fsp3) is 0.250. The highest BCUT2D eigenvalue weighted by Crippen LogP contribution is 2.32. The lowest BCUT2D eigenvalue weighted by molar-refractivity contribution is 0.578. The summed E-state index contributed by atoms with van der Waals surface area (Å²) in [6.45, 7) is 2.96. The van der Waals surface area contributed by atoms with Crippen LogP contribution in [0.25, 0.3) is 0 Å². The first-order valence-corrected chi connectivity index (χ1v) is 7.22. The molecule has 1 atom stereocenters. The zero-order valence-electron chi connectivity index (χ0n) is 9.28. The molecule has 0 aromatic carbocycles. The van der Waals surface area contributed by atoms with E-state index in [1.54, 1.807) is 11.3 Å². The van der Waals surface area contributed by atoms with Crippen LogP contribution < -0.4 is 5.32 Å². The Morgan fingerprint density at radius 3 is 2.76 bits per heavy atom. The molecule has 1 N–H and O–H groups in total. The molecule has 0 saturated carbocycles. The monoisotopic (exact) mass is 330 g/mol. The van der Waals surface area contributed by atoms with Gasteiger partial charge in [0.2, 0.25) is 0 Å². The van der Waals surface area contributed by atoms with E-state index in [9.17, 15) is 0 Å². The van der Waals surface area contributed by atoms with E-state index in [0.717, 1.165) is 15.4 Å². The van der Waals surface area contributed by atoms with Gasteiger partial charge in [0.25, 0.3) is 0 Å². The van der Waals surface area contributed by atoms with E-state index < -0.39 is 0 Å². The van der Waals surface area contributed by atoms with Gasteiger partial charge in [0, 0.05) is 34.3 Å². The summed E-state index contributed by atoms with van der Waals surface area (Å²) in [7, 11) is 0. The van der Waals surface area contributed by atoms with Crippen LogP contribution in [0.3, 0.4) is 0 Å². The Kier molecular flexibility index (Phi) is 4.56. The maximum Gasteiger partial charge on any atom is 0.107 e. The van der Waals surface area contributed by atoms with Crippen molar-refractivity contribution in [1.82, 2.24) is 10.3 Å². The third kappa shape index (κ3) is 3.52. The van der Waals surface area contributed by atoms with E-state index in [1.165, 1.54) is 10.4 Å². The quantitative estimate of drug-likeness (QED) is 0.897. The number of aromatic nitrogens is 1. The third-order valence-corrected chi connectivity index (χ3v) is 4.96. The highest BCUT2D eigenvalue weighted by molar-refractivity contribution is 9.10. The molecule has 0 aliphatic carbocycles. The van der Waals surface area contributed by atoms with Gasteiger partial charge in [-0.25, -0.2) is 0 Å². The van der Waals surface area contributed by atoms with Gasteiger partial charge in [-0.3, -0.25) is 4.98 Å². The van der Waals surface area contributed by atoms with Crippen LogP contribution in [0, 0.1) is 0 Å². The van der Waals surface area contributed by atoms with Crippen LogP contribution in [0.1, 0.15) is 23.4 Å². The molecule has 0 aliphatic rings. The molecule has 17 heavy (non-hydrogen) atoms. The van der Waals surface area contributed by atoms with Gasteiger partial charge in [0.05, 0.1) is 0 Å². The third-order valence-electron chi connectivity index (χ3n) is 2.48. The van der Waals surface area contributed by atoms with Gasteiger partial charge >= 0.3 is 0 Å². The summed E-state index contributed by atoms with van der Waals surface area (Å²) in [4.78, 5) is 5.24. The Morgan fingerprint density at radius 1 is 1.47 bits per heavy atom. The number of nitrogens with zero attached hydrogens (tertiary/aromatic N) is 1. The molecule has 2 nitrogen and oxygen atoms in total. The lowest BCUT2D eigenvalue weighted by Crippen LogP contribution is -2.17. The largest absolute Gasteiger partial charge is 0.305 e. The van der Waals surface area contributed by atoms with Crippen molar-refractivity contribution in [3.8, 4) is 0 Å². The topological polar surface area (TPSA) is 24.9 Å². The Hall–Kier alpha value is -0.420. The molecule has 0 aliphatic heterocycles. The highest BCUT2D eigenvalue weighted by Gasteiger charge is 2.07. The molecule has 0 unspecified atom stereocenters. The second kappa shape index (κ2) is 5.96. The summed E-state index contributed by atoms with van der Waals surface area (Å²) in [5.74, 6) is 0. The minimum atomic E-state index is 0.303. The van der Waals surface area contributed by atoms with Gasteiger partial charge in [-0.1, -0.05) is 11.6 Å². The van der Waals surface area contributed by atoms with Crippen LogP contribution in [-0.2, 0) is 6.54 Å². The molecule has 5 heteroatoms. The maximum absolute atomic E-state index is 6.00. The van der Waals surface area contributed by atoms with E-state index in [4.69, 9.17) is 11.6 Å². The maximum atomic E-state index is 6.00. The van der Waals surface area contributed by atoms with E-state index in [-0.39, 0.29) is 0 Å². The summed E-state index contributed by atoms with van der Waals surface area (Å²) in [5.41, 5.74) is 1.24. The lowest BCUT2D eigenvalue weighted by atomic mass is 10.1.